The molecule has 0 aliphatic carbocycles. The van der Waals surface area contributed by atoms with Gasteiger partial charge >= 0.3 is 6.18 Å². The molecule has 6 nitrogen and oxygen atoms in total. The Balaban J connectivity index is 1.68. The van der Waals surface area contributed by atoms with Crippen molar-refractivity contribution in [3.05, 3.63) is 76.9 Å². The number of hydrogen-bond donors (Lipinski definition) is 2. The van der Waals surface area contributed by atoms with Crippen molar-refractivity contribution in [2.24, 2.45) is 0 Å². The Morgan fingerprint density at radius 3 is 2.66 bits per heavy atom. The van der Waals surface area contributed by atoms with E-state index in [1.54, 1.807) is 36.1 Å². The van der Waals surface area contributed by atoms with Crippen molar-refractivity contribution >= 4 is 17.3 Å². The molecule has 0 unspecified atom stereocenters. The quantitative estimate of drug-likeness (QED) is 0.408. The van der Waals surface area contributed by atoms with Crippen LogP contribution >= 0.6 is 0 Å². The summed E-state index contributed by atoms with van der Waals surface area (Å²) in [4.78, 5) is 17.6. The van der Waals surface area contributed by atoms with Gasteiger partial charge in [-0.3, -0.25) is 9.78 Å². The highest BCUT2D eigenvalue weighted by Crippen LogP contribution is 2.39. The second kappa shape index (κ2) is 10.7. The summed E-state index contributed by atoms with van der Waals surface area (Å²) >= 11 is 0. The lowest BCUT2D eigenvalue weighted by Crippen LogP contribution is -2.49. The van der Waals surface area contributed by atoms with Crippen molar-refractivity contribution < 1.29 is 36.6 Å². The van der Waals surface area contributed by atoms with Crippen molar-refractivity contribution in [2.75, 3.05) is 43.6 Å². The highest BCUT2D eigenvalue weighted by atomic mass is 19.4. The van der Waals surface area contributed by atoms with E-state index in [1.165, 1.54) is 19.2 Å². The first-order chi connectivity index (χ1) is 17.9. The molecule has 1 amide bonds. The number of ether oxygens (including phenoxy) is 1. The number of fused-ring (bicyclic) bond motifs is 1. The van der Waals surface area contributed by atoms with Crippen LogP contribution in [0.15, 0.2) is 48.7 Å². The summed E-state index contributed by atoms with van der Waals surface area (Å²) in [6.07, 6.45) is -4.07. The fraction of sp³-hybridized carbons (Fsp3) is 0.333. The molecular formula is C27H26F5N3O3. The maximum Gasteiger partial charge on any atom is 0.433 e. The predicted molar refractivity (Wildman–Crippen MR) is 132 cm³/mol. The summed E-state index contributed by atoms with van der Waals surface area (Å²) in [7, 11) is 1.50. The summed E-state index contributed by atoms with van der Waals surface area (Å²) in [5.74, 6) is -1.40. The molecule has 4 rings (SSSR count). The van der Waals surface area contributed by atoms with E-state index in [4.69, 9.17) is 4.74 Å². The average Bonchev–Trinajstić information content (AvgIpc) is 2.88. The molecule has 1 aromatic heterocycles. The molecule has 0 bridgehead atoms. The van der Waals surface area contributed by atoms with Crippen LogP contribution in [-0.2, 0) is 17.3 Å². The molecule has 3 aromatic rings. The van der Waals surface area contributed by atoms with Crippen molar-refractivity contribution in [3.63, 3.8) is 0 Å². The highest BCUT2D eigenvalue weighted by Gasteiger charge is 2.39. The van der Waals surface area contributed by atoms with E-state index in [1.807, 2.05) is 0 Å². The topological polar surface area (TPSA) is 74.7 Å². The lowest BCUT2D eigenvalue weighted by molar-refractivity contribution is -0.141. The van der Waals surface area contributed by atoms with E-state index in [9.17, 15) is 23.1 Å². The minimum Gasteiger partial charge on any atom is -0.393 e. The molecule has 38 heavy (non-hydrogen) atoms. The van der Waals surface area contributed by atoms with Crippen LogP contribution in [0.1, 0.15) is 27.2 Å². The Kier molecular flexibility index (Phi) is 7.70. The number of hydrogen-bond acceptors (Lipinski definition) is 5. The smallest absolute Gasteiger partial charge is 0.393 e. The SMILES string of the molecule is COCCN1C[C@](F)(CO)Cc2c(F)cc(-c3cc(NC(=O)c4ccnc(C(F)(F)F)c4)ccc3C)cc21. The van der Waals surface area contributed by atoms with Gasteiger partial charge in [-0.15, -0.1) is 0 Å². The summed E-state index contributed by atoms with van der Waals surface area (Å²) in [6.45, 7) is 1.44. The molecule has 0 fully saturated rings. The van der Waals surface area contributed by atoms with E-state index in [0.717, 1.165) is 11.8 Å². The van der Waals surface area contributed by atoms with Crippen LogP contribution in [0.25, 0.3) is 11.1 Å². The van der Waals surface area contributed by atoms with Gasteiger partial charge in [0.1, 0.15) is 11.5 Å². The van der Waals surface area contributed by atoms with Crippen molar-refractivity contribution in [3.8, 4) is 11.1 Å². The van der Waals surface area contributed by atoms with E-state index in [0.29, 0.717) is 28.6 Å². The molecule has 11 heteroatoms. The van der Waals surface area contributed by atoms with Gasteiger partial charge in [0.2, 0.25) is 0 Å². The number of aliphatic hydroxyl groups excluding tert-OH is 1. The molecule has 202 valence electrons. The molecule has 0 spiro atoms. The first-order valence-electron chi connectivity index (χ1n) is 11.8. The molecular weight excluding hydrogens is 509 g/mol. The first-order valence-corrected chi connectivity index (χ1v) is 11.8. The maximum absolute atomic E-state index is 15.3. The van der Waals surface area contributed by atoms with E-state index in [2.05, 4.69) is 10.3 Å². The number of aryl methyl sites for hydroxylation is 1. The Labute approximate surface area is 216 Å². The van der Waals surface area contributed by atoms with E-state index >= 15 is 8.78 Å². The van der Waals surface area contributed by atoms with Gasteiger partial charge in [-0.25, -0.2) is 8.78 Å². The van der Waals surface area contributed by atoms with E-state index < -0.39 is 35.9 Å². The standard InChI is InChI=1S/C27H26F5N3O3/c1-16-3-4-19(34-25(37)17-5-6-33-24(11-17)27(30,31)32)12-20(16)18-9-22(28)21-13-26(29,15-36)14-35(7-8-38-2)23(21)10-18/h3-6,9-12,36H,7-8,13-15H2,1-2H3,(H,34,37)/t26-/m0/s1. The molecule has 2 heterocycles. The fourth-order valence-electron chi connectivity index (χ4n) is 4.48. The first kappa shape index (κ1) is 27.5. The number of amides is 1. The van der Waals surface area contributed by atoms with E-state index in [-0.39, 0.29) is 37.2 Å². The normalized spacial score (nSPS) is 17.3. The van der Waals surface area contributed by atoms with Crippen molar-refractivity contribution in [1.82, 2.24) is 4.98 Å². The summed E-state index contributed by atoms with van der Waals surface area (Å²) in [5.41, 5.74) is -0.702. The Morgan fingerprint density at radius 1 is 1.21 bits per heavy atom. The lowest BCUT2D eigenvalue weighted by Gasteiger charge is -2.39. The molecule has 1 aliphatic rings. The Hall–Kier alpha value is -3.57. The number of methoxy groups -OCH3 is 1. The molecule has 2 N–H and O–H groups in total. The van der Waals surface area contributed by atoms with Crippen LogP contribution in [0, 0.1) is 12.7 Å². The number of alkyl halides is 4. The van der Waals surface area contributed by atoms with Gasteiger partial charge in [-0.1, -0.05) is 6.07 Å². The number of pyridine rings is 1. The number of carbonyl (C=O) groups is 1. The molecule has 0 saturated heterocycles. The van der Waals surface area contributed by atoms with Crippen LogP contribution in [-0.4, -0.2) is 55.1 Å². The number of aliphatic hydroxyl groups is 1. The third-order valence-corrected chi connectivity index (χ3v) is 6.45. The second-order valence-corrected chi connectivity index (χ2v) is 9.27. The minimum absolute atomic E-state index is 0.135. The number of nitrogens with one attached hydrogen (secondary N) is 1. The highest BCUT2D eigenvalue weighted by molar-refractivity contribution is 6.04. The van der Waals surface area contributed by atoms with Gasteiger partial charge in [0, 0.05) is 48.8 Å². The molecule has 2 aromatic carbocycles. The van der Waals surface area contributed by atoms with Gasteiger partial charge in [-0.05, 0) is 60.0 Å². The summed E-state index contributed by atoms with van der Waals surface area (Å²) in [6, 6.07) is 9.69. The summed E-state index contributed by atoms with van der Waals surface area (Å²) in [5, 5.41) is 12.1. The van der Waals surface area contributed by atoms with Gasteiger partial charge in [0.05, 0.1) is 19.8 Å². The maximum atomic E-state index is 15.3. The Morgan fingerprint density at radius 2 is 1.97 bits per heavy atom. The van der Waals surface area contributed by atoms with Crippen LogP contribution in [0.3, 0.4) is 0 Å². The molecule has 0 radical (unpaired) electrons. The van der Waals surface area contributed by atoms with Crippen molar-refractivity contribution in [2.45, 2.75) is 25.2 Å². The fourth-order valence-corrected chi connectivity index (χ4v) is 4.48. The zero-order valence-electron chi connectivity index (χ0n) is 20.7. The molecule has 1 atom stereocenters. The monoisotopic (exact) mass is 535 g/mol. The molecule has 0 saturated carbocycles. The number of nitrogens with zero attached hydrogens (tertiary/aromatic N) is 2. The zero-order chi connectivity index (χ0) is 27.7. The lowest BCUT2D eigenvalue weighted by atomic mass is 9.87. The number of carbonyl (C=O) groups excluding carboxylic acids is 1. The van der Waals surface area contributed by atoms with Gasteiger partial charge < -0.3 is 20.1 Å². The average molecular weight is 536 g/mol. The van der Waals surface area contributed by atoms with Crippen molar-refractivity contribution in [1.29, 1.82) is 0 Å². The number of halogens is 5. The largest absolute Gasteiger partial charge is 0.433 e. The van der Waals surface area contributed by atoms with Crippen LogP contribution in [0.5, 0.6) is 0 Å². The number of rotatable bonds is 7. The van der Waals surface area contributed by atoms with Gasteiger partial charge in [0.15, 0.2) is 5.67 Å². The van der Waals surface area contributed by atoms with Crippen LogP contribution < -0.4 is 10.2 Å². The van der Waals surface area contributed by atoms with Crippen LogP contribution in [0.4, 0.5) is 33.3 Å². The molecule has 1 aliphatic heterocycles. The minimum atomic E-state index is -4.69. The second-order valence-electron chi connectivity index (χ2n) is 9.27. The number of benzene rings is 2. The summed E-state index contributed by atoms with van der Waals surface area (Å²) < 4.78 is 74.5. The third kappa shape index (κ3) is 5.78. The van der Waals surface area contributed by atoms with Crippen LogP contribution in [0.2, 0.25) is 0 Å². The number of anilines is 2. The van der Waals surface area contributed by atoms with Gasteiger partial charge in [0.25, 0.3) is 5.91 Å². The third-order valence-electron chi connectivity index (χ3n) is 6.45. The predicted octanol–water partition coefficient (Wildman–Crippen LogP) is 5.18. The number of aromatic nitrogens is 1. The zero-order valence-corrected chi connectivity index (χ0v) is 20.7. The Bertz CT molecular complexity index is 1350. The van der Waals surface area contributed by atoms with Gasteiger partial charge in [-0.2, -0.15) is 13.2 Å².